The van der Waals surface area contributed by atoms with Crippen molar-refractivity contribution in [3.8, 4) is 0 Å². The molecule has 0 aliphatic carbocycles. The second kappa shape index (κ2) is 7.17. The van der Waals surface area contributed by atoms with Crippen LogP contribution in [0.4, 0.5) is 11.4 Å². The fourth-order valence-electron chi connectivity index (χ4n) is 2.47. The van der Waals surface area contributed by atoms with Crippen molar-refractivity contribution in [2.24, 2.45) is 9.98 Å². The summed E-state index contributed by atoms with van der Waals surface area (Å²) in [7, 11) is 0. The van der Waals surface area contributed by atoms with Gasteiger partial charge in [-0.2, -0.15) is 0 Å². The van der Waals surface area contributed by atoms with Crippen molar-refractivity contribution in [3.63, 3.8) is 0 Å². The van der Waals surface area contributed by atoms with Crippen molar-refractivity contribution in [2.45, 2.75) is 41.0 Å². The largest absolute Gasteiger partial charge is 0.254 e. The summed E-state index contributed by atoms with van der Waals surface area (Å²) in [5.41, 5.74) is 7.90. The summed E-state index contributed by atoms with van der Waals surface area (Å²) in [5, 5.41) is 0. The number of para-hydroxylation sites is 2. The number of nitrogens with zero attached hydrogens (tertiary/aromatic N) is 2. The van der Waals surface area contributed by atoms with Crippen LogP contribution in [0.15, 0.2) is 46.4 Å². The first kappa shape index (κ1) is 16.2. The van der Waals surface area contributed by atoms with Crippen LogP contribution in [-0.2, 0) is 0 Å². The van der Waals surface area contributed by atoms with Gasteiger partial charge >= 0.3 is 0 Å². The van der Waals surface area contributed by atoms with Gasteiger partial charge in [-0.05, 0) is 56.4 Å². The number of benzene rings is 2. The van der Waals surface area contributed by atoms with Gasteiger partial charge in [0, 0.05) is 6.21 Å². The first-order chi connectivity index (χ1) is 10.5. The molecule has 0 heterocycles. The van der Waals surface area contributed by atoms with Crippen LogP contribution in [0.1, 0.15) is 35.6 Å². The molecule has 0 unspecified atom stereocenters. The zero-order valence-electron chi connectivity index (χ0n) is 14.1. The fraction of sp³-hybridized carbons (Fsp3) is 0.300. The van der Waals surface area contributed by atoms with Gasteiger partial charge in [-0.1, -0.05) is 43.3 Å². The predicted molar refractivity (Wildman–Crippen MR) is 97.4 cm³/mol. The number of aliphatic imine (C=N–C) groups is 2. The number of hydrogen-bond donors (Lipinski definition) is 0. The molecule has 0 saturated carbocycles. The summed E-state index contributed by atoms with van der Waals surface area (Å²) in [6.45, 7) is 10.5. The van der Waals surface area contributed by atoms with Gasteiger partial charge in [0.05, 0.1) is 17.1 Å². The van der Waals surface area contributed by atoms with Crippen LogP contribution in [0.25, 0.3) is 0 Å². The Balaban J connectivity index is 2.37. The highest BCUT2D eigenvalue weighted by atomic mass is 14.8. The van der Waals surface area contributed by atoms with Crippen LogP contribution in [0.3, 0.4) is 0 Å². The molecular weight excluding hydrogens is 268 g/mol. The van der Waals surface area contributed by atoms with Crippen LogP contribution in [-0.4, -0.2) is 11.9 Å². The predicted octanol–water partition coefficient (Wildman–Crippen LogP) is 5.81. The summed E-state index contributed by atoms with van der Waals surface area (Å²) in [6, 6.07) is 12.5. The average Bonchev–Trinajstić information content (AvgIpc) is 2.48. The lowest BCUT2D eigenvalue weighted by atomic mass is 10.1. The minimum absolute atomic E-state index is 0.863. The third-order valence-corrected chi connectivity index (χ3v) is 3.84. The standard InChI is InChI=1S/C20H24N2/c1-6-18(22-20-16(4)11-8-12-17(20)5)13-21-19-14(2)9-7-10-15(19)3/h7-13H,6H2,1-5H3. The Morgan fingerprint density at radius 2 is 1.27 bits per heavy atom. The lowest BCUT2D eigenvalue weighted by molar-refractivity contribution is 1.26. The summed E-state index contributed by atoms with van der Waals surface area (Å²) in [5.74, 6) is 0. The molecule has 0 N–H and O–H groups in total. The van der Waals surface area contributed by atoms with Crippen molar-refractivity contribution < 1.29 is 0 Å². The van der Waals surface area contributed by atoms with Crippen LogP contribution in [0.5, 0.6) is 0 Å². The summed E-state index contributed by atoms with van der Waals surface area (Å²) in [6.07, 6.45) is 2.77. The molecule has 0 bridgehead atoms. The Morgan fingerprint density at radius 1 is 0.818 bits per heavy atom. The van der Waals surface area contributed by atoms with Gasteiger partial charge in [-0.3, -0.25) is 9.98 Å². The lowest BCUT2D eigenvalue weighted by Crippen LogP contribution is -1.98. The molecule has 0 fully saturated rings. The number of hydrogen-bond acceptors (Lipinski definition) is 2. The third kappa shape index (κ3) is 3.70. The van der Waals surface area contributed by atoms with E-state index in [0.717, 1.165) is 23.5 Å². The van der Waals surface area contributed by atoms with E-state index >= 15 is 0 Å². The zero-order chi connectivity index (χ0) is 16.1. The van der Waals surface area contributed by atoms with E-state index in [1.165, 1.54) is 22.3 Å². The molecule has 0 amide bonds. The summed E-state index contributed by atoms with van der Waals surface area (Å²) in [4.78, 5) is 9.49. The highest BCUT2D eigenvalue weighted by molar-refractivity contribution is 6.31. The van der Waals surface area contributed by atoms with Crippen molar-refractivity contribution >= 4 is 23.3 Å². The number of rotatable bonds is 4. The van der Waals surface area contributed by atoms with E-state index < -0.39 is 0 Å². The van der Waals surface area contributed by atoms with Gasteiger partial charge in [0.15, 0.2) is 0 Å². The maximum atomic E-state index is 4.82. The minimum atomic E-state index is 0.863. The normalized spacial score (nSPS) is 12.1. The van der Waals surface area contributed by atoms with E-state index in [4.69, 9.17) is 4.99 Å². The van der Waals surface area contributed by atoms with Crippen molar-refractivity contribution in [3.05, 3.63) is 58.7 Å². The van der Waals surface area contributed by atoms with Crippen LogP contribution in [0, 0.1) is 27.7 Å². The topological polar surface area (TPSA) is 24.7 Å². The van der Waals surface area contributed by atoms with Gasteiger partial charge < -0.3 is 0 Å². The fourth-order valence-corrected chi connectivity index (χ4v) is 2.47. The lowest BCUT2D eigenvalue weighted by Gasteiger charge is -2.07. The Kier molecular flexibility index (Phi) is 5.26. The van der Waals surface area contributed by atoms with E-state index in [1.807, 2.05) is 6.21 Å². The SMILES string of the molecule is CCC(C=Nc1c(C)cccc1C)=Nc1c(C)cccc1C. The Hall–Kier alpha value is -2.22. The molecule has 0 aliphatic rings. The van der Waals surface area contributed by atoms with E-state index in [0.29, 0.717) is 0 Å². The number of aryl methyl sites for hydroxylation is 4. The molecule has 2 aromatic rings. The molecule has 0 spiro atoms. The molecular formula is C20H24N2. The summed E-state index contributed by atoms with van der Waals surface area (Å²) >= 11 is 0. The van der Waals surface area contributed by atoms with Gasteiger partial charge in [-0.25, -0.2) is 0 Å². The monoisotopic (exact) mass is 292 g/mol. The highest BCUT2D eigenvalue weighted by Crippen LogP contribution is 2.24. The Labute approximate surface area is 133 Å². The van der Waals surface area contributed by atoms with E-state index in [9.17, 15) is 0 Å². The van der Waals surface area contributed by atoms with E-state index in [-0.39, 0.29) is 0 Å². The molecule has 0 aliphatic heterocycles. The molecule has 2 aromatic carbocycles. The van der Waals surface area contributed by atoms with E-state index in [2.05, 4.69) is 76.0 Å². The van der Waals surface area contributed by atoms with Gasteiger partial charge in [0.25, 0.3) is 0 Å². The van der Waals surface area contributed by atoms with E-state index in [1.54, 1.807) is 0 Å². The Morgan fingerprint density at radius 3 is 1.73 bits per heavy atom. The van der Waals surface area contributed by atoms with Crippen LogP contribution < -0.4 is 0 Å². The van der Waals surface area contributed by atoms with Gasteiger partial charge in [0.2, 0.25) is 0 Å². The highest BCUT2D eigenvalue weighted by Gasteiger charge is 2.03. The molecule has 2 rings (SSSR count). The van der Waals surface area contributed by atoms with Crippen LogP contribution >= 0.6 is 0 Å². The molecule has 0 radical (unpaired) electrons. The first-order valence-electron chi connectivity index (χ1n) is 7.77. The molecule has 0 aromatic heterocycles. The molecule has 0 atom stereocenters. The average molecular weight is 292 g/mol. The first-order valence-corrected chi connectivity index (χ1v) is 7.77. The molecule has 2 heteroatoms. The zero-order valence-corrected chi connectivity index (χ0v) is 14.1. The molecule has 114 valence electrons. The quantitative estimate of drug-likeness (QED) is 0.636. The second-order valence-corrected chi connectivity index (χ2v) is 5.70. The Bertz CT molecular complexity index is 684. The maximum absolute atomic E-state index is 4.82. The second-order valence-electron chi connectivity index (χ2n) is 5.70. The molecule has 2 nitrogen and oxygen atoms in total. The van der Waals surface area contributed by atoms with Gasteiger partial charge in [-0.15, -0.1) is 0 Å². The van der Waals surface area contributed by atoms with Crippen LogP contribution in [0.2, 0.25) is 0 Å². The van der Waals surface area contributed by atoms with Crippen molar-refractivity contribution in [2.75, 3.05) is 0 Å². The summed E-state index contributed by atoms with van der Waals surface area (Å²) < 4.78 is 0. The third-order valence-electron chi connectivity index (χ3n) is 3.84. The molecule has 0 saturated heterocycles. The van der Waals surface area contributed by atoms with Crippen molar-refractivity contribution in [1.29, 1.82) is 0 Å². The smallest absolute Gasteiger partial charge is 0.0691 e. The van der Waals surface area contributed by atoms with Crippen molar-refractivity contribution in [1.82, 2.24) is 0 Å². The maximum Gasteiger partial charge on any atom is 0.0691 e. The minimum Gasteiger partial charge on any atom is -0.254 e. The molecule has 22 heavy (non-hydrogen) atoms. The van der Waals surface area contributed by atoms with Gasteiger partial charge in [0.1, 0.15) is 0 Å².